The number of hydrogen-bond acceptors (Lipinski definition) is 9. The molecular formula is C29H27N5O6. The fourth-order valence-corrected chi connectivity index (χ4v) is 4.68. The van der Waals surface area contributed by atoms with Crippen LogP contribution >= 0.6 is 0 Å². The van der Waals surface area contributed by atoms with E-state index in [1.54, 1.807) is 18.2 Å². The number of nitrogens with one attached hydrogen (secondary N) is 2. The summed E-state index contributed by atoms with van der Waals surface area (Å²) >= 11 is 0. The number of methoxy groups -OCH3 is 1. The van der Waals surface area contributed by atoms with Gasteiger partial charge >= 0.3 is 0 Å². The molecule has 7 rings (SSSR count). The monoisotopic (exact) mass is 541 g/mol. The number of nitrogens with zero attached hydrogens (tertiary/aromatic N) is 3. The van der Waals surface area contributed by atoms with E-state index < -0.39 is 12.1 Å². The van der Waals surface area contributed by atoms with Gasteiger partial charge < -0.3 is 34.3 Å². The van der Waals surface area contributed by atoms with E-state index in [4.69, 9.17) is 18.7 Å². The summed E-state index contributed by atoms with van der Waals surface area (Å²) in [4.78, 5) is 32.2. The van der Waals surface area contributed by atoms with E-state index >= 15 is 0 Å². The van der Waals surface area contributed by atoms with Crippen molar-refractivity contribution in [2.75, 3.05) is 31.7 Å². The van der Waals surface area contributed by atoms with Crippen LogP contribution in [0.1, 0.15) is 15.9 Å². The minimum Gasteiger partial charge on any atom is -0.493 e. The van der Waals surface area contributed by atoms with Crippen molar-refractivity contribution in [2.45, 2.75) is 18.7 Å². The van der Waals surface area contributed by atoms with E-state index in [1.807, 2.05) is 59.5 Å². The van der Waals surface area contributed by atoms with Crippen molar-refractivity contribution in [3.8, 4) is 28.7 Å². The van der Waals surface area contributed by atoms with Crippen LogP contribution in [0.2, 0.25) is 0 Å². The Morgan fingerprint density at radius 1 is 0.975 bits per heavy atom. The van der Waals surface area contributed by atoms with Crippen LogP contribution in [0.15, 0.2) is 77.3 Å². The Balaban J connectivity index is 1.29. The number of hydrogen-bond donors (Lipinski definition) is 2. The molecule has 1 aromatic heterocycles. The van der Waals surface area contributed by atoms with Gasteiger partial charge in [0, 0.05) is 24.2 Å². The second-order valence-electron chi connectivity index (χ2n) is 9.48. The Kier molecular flexibility index (Phi) is 6.92. The highest BCUT2D eigenvalue weighted by atomic mass is 16.5. The Hall–Kier alpha value is -5.06. The summed E-state index contributed by atoms with van der Waals surface area (Å²) in [6.45, 7) is 0.937. The molecule has 3 aromatic carbocycles. The maximum atomic E-state index is 13.4. The molecule has 0 aliphatic carbocycles. The van der Waals surface area contributed by atoms with Crippen molar-refractivity contribution in [3.05, 3.63) is 83.9 Å². The zero-order valence-corrected chi connectivity index (χ0v) is 21.7. The molecule has 11 heteroatoms. The van der Waals surface area contributed by atoms with Crippen LogP contribution in [0, 0.1) is 0 Å². The second-order valence-corrected chi connectivity index (χ2v) is 9.48. The van der Waals surface area contributed by atoms with Gasteiger partial charge in [0.15, 0.2) is 18.1 Å². The molecule has 204 valence electrons. The van der Waals surface area contributed by atoms with E-state index in [9.17, 15) is 9.59 Å². The fourth-order valence-electron chi connectivity index (χ4n) is 4.68. The summed E-state index contributed by atoms with van der Waals surface area (Å²) in [5.74, 6) is 1.55. The van der Waals surface area contributed by atoms with Crippen LogP contribution in [-0.2, 0) is 11.3 Å². The number of aromatic nitrogens is 2. The summed E-state index contributed by atoms with van der Waals surface area (Å²) < 4.78 is 22.9. The van der Waals surface area contributed by atoms with Crippen LogP contribution in [0.4, 0.5) is 5.95 Å². The van der Waals surface area contributed by atoms with Crippen LogP contribution in [-0.4, -0.2) is 60.9 Å². The quantitative estimate of drug-likeness (QED) is 0.402. The lowest BCUT2D eigenvalue weighted by atomic mass is 10.1. The lowest BCUT2D eigenvalue weighted by Gasteiger charge is -2.21. The predicted molar refractivity (Wildman–Crippen MR) is 144 cm³/mol. The molecule has 2 amide bonds. The zero-order valence-electron chi connectivity index (χ0n) is 21.7. The number of carbonyl (C=O) groups excluding carboxylic acids is 2. The molecule has 3 aliphatic heterocycles. The Morgan fingerprint density at radius 2 is 1.80 bits per heavy atom. The molecule has 11 nitrogen and oxygen atoms in total. The van der Waals surface area contributed by atoms with Crippen molar-refractivity contribution in [1.82, 2.24) is 20.8 Å². The molecule has 1 fully saturated rings. The number of anilines is 1. The minimum absolute atomic E-state index is 0.224. The summed E-state index contributed by atoms with van der Waals surface area (Å²) in [5.41, 5.74) is 2.08. The summed E-state index contributed by atoms with van der Waals surface area (Å²) in [6, 6.07) is 21.4. The van der Waals surface area contributed by atoms with Crippen LogP contribution in [0.25, 0.3) is 11.5 Å². The van der Waals surface area contributed by atoms with E-state index in [1.165, 1.54) is 7.11 Å². The van der Waals surface area contributed by atoms with Gasteiger partial charge in [-0.15, -0.1) is 0 Å². The number of benzene rings is 3. The molecule has 0 spiro atoms. The molecule has 2 atom stereocenters. The smallest absolute Gasteiger partial charge is 0.266 e. The molecule has 4 bridgehead atoms. The molecule has 0 radical (unpaired) electrons. The third kappa shape index (κ3) is 5.39. The number of rotatable bonds is 3. The molecule has 40 heavy (non-hydrogen) atoms. The van der Waals surface area contributed by atoms with Gasteiger partial charge in [-0.2, -0.15) is 4.98 Å². The molecule has 4 aromatic rings. The first-order valence-corrected chi connectivity index (χ1v) is 12.8. The maximum absolute atomic E-state index is 13.4. The number of amides is 2. The first kappa shape index (κ1) is 25.2. The average molecular weight is 542 g/mol. The lowest BCUT2D eigenvalue weighted by Crippen LogP contribution is -2.45. The lowest BCUT2D eigenvalue weighted by molar-refractivity contribution is -0.123. The first-order chi connectivity index (χ1) is 19.6. The highest BCUT2D eigenvalue weighted by Gasteiger charge is 2.38. The number of fused-ring (bicyclic) bond motifs is 7. The van der Waals surface area contributed by atoms with Gasteiger partial charge in [0.25, 0.3) is 23.7 Å². The fraction of sp³-hybridized carbons (Fsp3) is 0.241. The number of carbonyl (C=O) groups is 2. The number of ether oxygens (including phenoxy) is 3. The van der Waals surface area contributed by atoms with Gasteiger partial charge in [-0.25, -0.2) is 0 Å². The molecule has 0 unspecified atom stereocenters. The zero-order chi connectivity index (χ0) is 27.5. The van der Waals surface area contributed by atoms with Gasteiger partial charge in [-0.05, 0) is 53.2 Å². The van der Waals surface area contributed by atoms with E-state index in [0.29, 0.717) is 54.3 Å². The van der Waals surface area contributed by atoms with Gasteiger partial charge in [0.2, 0.25) is 0 Å². The summed E-state index contributed by atoms with van der Waals surface area (Å²) in [6.07, 6.45) is -0.405. The Morgan fingerprint density at radius 3 is 2.60 bits per heavy atom. The van der Waals surface area contributed by atoms with E-state index in [0.717, 1.165) is 11.1 Å². The maximum Gasteiger partial charge on any atom is 0.266 e. The first-order valence-electron chi connectivity index (χ1n) is 12.8. The van der Waals surface area contributed by atoms with Gasteiger partial charge in [0.1, 0.15) is 11.9 Å². The molecule has 0 saturated carbocycles. The van der Waals surface area contributed by atoms with Crippen molar-refractivity contribution in [2.24, 2.45) is 0 Å². The third-order valence-corrected chi connectivity index (χ3v) is 6.79. The molecule has 1 saturated heterocycles. The summed E-state index contributed by atoms with van der Waals surface area (Å²) in [5, 5.41) is 10.1. The Bertz CT molecular complexity index is 1510. The molecular weight excluding hydrogens is 514 g/mol. The second kappa shape index (κ2) is 11.0. The van der Waals surface area contributed by atoms with E-state index in [-0.39, 0.29) is 18.4 Å². The predicted octanol–water partition coefficient (Wildman–Crippen LogP) is 2.82. The minimum atomic E-state index is -0.405. The SMILES string of the molecule is COc1ccc2cc1OCC(=O)NCc1ccc(cc1)O[C@H]1CN(c3noc(-c4ccccc4)n3)C[C@@H]1NC2=O. The molecule has 3 aliphatic rings. The highest BCUT2D eigenvalue weighted by Crippen LogP contribution is 2.29. The largest absolute Gasteiger partial charge is 0.493 e. The summed E-state index contributed by atoms with van der Waals surface area (Å²) in [7, 11) is 1.50. The average Bonchev–Trinajstić information content (AvgIpc) is 3.63. The van der Waals surface area contributed by atoms with Crippen molar-refractivity contribution >= 4 is 17.8 Å². The van der Waals surface area contributed by atoms with Crippen LogP contribution in [0.5, 0.6) is 17.2 Å². The van der Waals surface area contributed by atoms with Crippen LogP contribution in [0.3, 0.4) is 0 Å². The molecule has 4 heterocycles. The molecule has 2 N–H and O–H groups in total. The Labute approximate surface area is 230 Å². The van der Waals surface area contributed by atoms with Crippen molar-refractivity contribution in [3.63, 3.8) is 0 Å². The van der Waals surface area contributed by atoms with Crippen molar-refractivity contribution in [1.29, 1.82) is 0 Å². The normalized spacial score (nSPS) is 19.1. The van der Waals surface area contributed by atoms with Crippen LogP contribution < -0.4 is 29.7 Å². The third-order valence-electron chi connectivity index (χ3n) is 6.79. The van der Waals surface area contributed by atoms with E-state index in [2.05, 4.69) is 20.8 Å². The van der Waals surface area contributed by atoms with Gasteiger partial charge in [0.05, 0.1) is 19.7 Å². The standard InChI is InChI=1S/C29H27N5O6/c1-37-23-12-9-20-13-24(23)38-17-26(35)30-14-18-7-10-21(11-8-18)39-25-16-34(15-22(25)31-27(20)36)29-32-28(40-33-29)19-5-3-2-4-6-19/h2-13,22,25H,14-17H2,1H3,(H,30,35)(H,31,36)/t22-,25-/m0/s1. The van der Waals surface area contributed by atoms with Gasteiger partial charge in [-0.1, -0.05) is 30.3 Å². The topological polar surface area (TPSA) is 128 Å². The van der Waals surface area contributed by atoms with Gasteiger partial charge in [-0.3, -0.25) is 9.59 Å². The van der Waals surface area contributed by atoms with Crippen molar-refractivity contribution < 1.29 is 28.3 Å². The highest BCUT2D eigenvalue weighted by molar-refractivity contribution is 5.95.